The Morgan fingerprint density at radius 1 is 0.900 bits per heavy atom. The minimum absolute atomic E-state index is 1.14. The molecule has 0 aromatic heterocycles. The van der Waals surface area contributed by atoms with E-state index in [1.54, 1.807) is 0 Å². The summed E-state index contributed by atoms with van der Waals surface area (Å²) in [5.41, 5.74) is 0. The van der Waals surface area contributed by atoms with E-state index in [2.05, 4.69) is 44.0 Å². The lowest BCUT2D eigenvalue weighted by atomic mass is 10.1. The van der Waals surface area contributed by atoms with Gasteiger partial charge in [0.2, 0.25) is 0 Å². The van der Waals surface area contributed by atoms with Gasteiger partial charge >= 0.3 is 0 Å². The molecule has 0 N–H and O–H groups in total. The highest BCUT2D eigenvalue weighted by molar-refractivity contribution is 9.14. The van der Waals surface area contributed by atoms with E-state index < -0.39 is 0 Å². The molecule has 0 unspecified atom stereocenters. The molecule has 0 fully saturated rings. The molecule has 0 bridgehead atoms. The first-order valence-corrected chi connectivity index (χ1v) is 5.07. The van der Waals surface area contributed by atoms with Gasteiger partial charge in [-0.1, -0.05) is 44.0 Å². The van der Waals surface area contributed by atoms with E-state index in [1.165, 1.54) is 8.96 Å². The molecule has 1 aliphatic rings. The van der Waals surface area contributed by atoms with Gasteiger partial charge in [-0.2, -0.15) is 0 Å². The van der Waals surface area contributed by atoms with Crippen LogP contribution in [0.4, 0.5) is 0 Å². The van der Waals surface area contributed by atoms with Crippen LogP contribution >= 0.6 is 31.9 Å². The van der Waals surface area contributed by atoms with Crippen LogP contribution < -0.4 is 0 Å². The lowest BCUT2D eigenvalue weighted by Gasteiger charge is -2.04. The van der Waals surface area contributed by atoms with Crippen molar-refractivity contribution in [2.75, 3.05) is 0 Å². The fourth-order valence-corrected chi connectivity index (χ4v) is 1.78. The molecule has 0 amide bonds. The smallest absolute Gasteiger partial charge is 0.00550 e. The van der Waals surface area contributed by atoms with Crippen molar-refractivity contribution in [2.45, 2.75) is 25.7 Å². The van der Waals surface area contributed by atoms with Crippen LogP contribution in [0.1, 0.15) is 25.7 Å². The van der Waals surface area contributed by atoms with Crippen molar-refractivity contribution < 1.29 is 0 Å². The first kappa shape index (κ1) is 8.54. The second kappa shape index (κ2) is 4.35. The summed E-state index contributed by atoms with van der Waals surface area (Å²) in [4.78, 5) is 0. The van der Waals surface area contributed by atoms with Gasteiger partial charge in [-0.3, -0.25) is 0 Å². The molecular formula is C8H10Br2. The zero-order chi connectivity index (χ0) is 7.40. The molecule has 0 saturated carbocycles. The van der Waals surface area contributed by atoms with E-state index in [1.807, 2.05) is 0 Å². The Bertz CT molecular complexity index is 150. The summed E-state index contributed by atoms with van der Waals surface area (Å²) in [5.74, 6) is 0. The van der Waals surface area contributed by atoms with Gasteiger partial charge in [0.15, 0.2) is 0 Å². The van der Waals surface area contributed by atoms with Gasteiger partial charge in [-0.15, -0.1) is 0 Å². The Morgan fingerprint density at radius 2 is 1.30 bits per heavy atom. The molecule has 2 heteroatoms. The Balaban J connectivity index is 2.57. The minimum Gasteiger partial charge on any atom is -0.0882 e. The van der Waals surface area contributed by atoms with Crippen molar-refractivity contribution in [3.8, 4) is 0 Å². The van der Waals surface area contributed by atoms with Crippen molar-refractivity contribution in [2.24, 2.45) is 0 Å². The van der Waals surface area contributed by atoms with E-state index in [0.717, 1.165) is 25.7 Å². The summed E-state index contributed by atoms with van der Waals surface area (Å²) >= 11 is 7.07. The summed E-state index contributed by atoms with van der Waals surface area (Å²) in [5, 5.41) is 0. The third kappa shape index (κ3) is 2.59. The standard InChI is InChI=1S/C8H10Br2/c9-7-5-3-1-2-4-6-8(7)10/h1-2H,3-6H2/b2-1-,8-7-. The molecule has 0 spiro atoms. The molecule has 10 heavy (non-hydrogen) atoms. The summed E-state index contributed by atoms with van der Waals surface area (Å²) in [6.45, 7) is 0. The average Bonchev–Trinajstić information content (AvgIpc) is 1.92. The van der Waals surface area contributed by atoms with Crippen LogP contribution in [0.5, 0.6) is 0 Å². The summed E-state index contributed by atoms with van der Waals surface area (Å²) in [6, 6.07) is 0. The van der Waals surface area contributed by atoms with Crippen molar-refractivity contribution in [1.29, 1.82) is 0 Å². The number of hydrogen-bond acceptors (Lipinski definition) is 0. The molecule has 0 aromatic carbocycles. The second-order valence-corrected chi connectivity index (χ2v) is 4.27. The van der Waals surface area contributed by atoms with Gasteiger partial charge in [-0.05, 0) is 25.7 Å². The first-order chi connectivity index (χ1) is 4.80. The highest BCUT2D eigenvalue weighted by Crippen LogP contribution is 2.28. The fraction of sp³-hybridized carbons (Fsp3) is 0.500. The lowest BCUT2D eigenvalue weighted by Crippen LogP contribution is -1.82. The molecule has 0 radical (unpaired) electrons. The maximum atomic E-state index is 3.54. The zero-order valence-electron chi connectivity index (χ0n) is 5.74. The van der Waals surface area contributed by atoms with Crippen LogP contribution in [-0.4, -0.2) is 0 Å². The quantitative estimate of drug-likeness (QED) is 0.578. The Hall–Kier alpha value is 0.440. The maximum Gasteiger partial charge on any atom is 0.00550 e. The van der Waals surface area contributed by atoms with Gasteiger partial charge in [0, 0.05) is 8.96 Å². The summed E-state index contributed by atoms with van der Waals surface area (Å²) < 4.78 is 2.66. The number of rotatable bonds is 0. The van der Waals surface area contributed by atoms with Crippen LogP contribution in [0.2, 0.25) is 0 Å². The molecule has 1 rings (SSSR count). The van der Waals surface area contributed by atoms with E-state index in [0.29, 0.717) is 0 Å². The fourth-order valence-electron chi connectivity index (χ4n) is 0.927. The van der Waals surface area contributed by atoms with Crippen molar-refractivity contribution in [1.82, 2.24) is 0 Å². The third-order valence-electron chi connectivity index (χ3n) is 1.52. The average molecular weight is 266 g/mol. The van der Waals surface area contributed by atoms with Gasteiger partial charge in [0.1, 0.15) is 0 Å². The normalized spacial score (nSPS) is 31.0. The predicted octanol–water partition coefficient (Wildman–Crippen LogP) is 4.12. The summed E-state index contributed by atoms with van der Waals surface area (Å²) in [6.07, 6.45) is 9.10. The van der Waals surface area contributed by atoms with Gasteiger partial charge in [-0.25, -0.2) is 0 Å². The predicted molar refractivity (Wildman–Crippen MR) is 52.5 cm³/mol. The molecule has 1 aliphatic carbocycles. The number of hydrogen-bond donors (Lipinski definition) is 0. The second-order valence-electron chi connectivity index (χ2n) is 2.36. The Morgan fingerprint density at radius 3 is 1.70 bits per heavy atom. The molecule has 0 nitrogen and oxygen atoms in total. The third-order valence-corrected chi connectivity index (χ3v) is 3.80. The van der Waals surface area contributed by atoms with Crippen LogP contribution in [0.15, 0.2) is 21.1 Å². The van der Waals surface area contributed by atoms with E-state index in [9.17, 15) is 0 Å². The van der Waals surface area contributed by atoms with Crippen LogP contribution in [0.3, 0.4) is 0 Å². The van der Waals surface area contributed by atoms with Crippen molar-refractivity contribution in [3.63, 3.8) is 0 Å². The molecular weight excluding hydrogens is 256 g/mol. The molecule has 0 aromatic rings. The van der Waals surface area contributed by atoms with E-state index >= 15 is 0 Å². The highest BCUT2D eigenvalue weighted by Gasteiger charge is 2.01. The monoisotopic (exact) mass is 264 g/mol. The topological polar surface area (TPSA) is 0 Å². The summed E-state index contributed by atoms with van der Waals surface area (Å²) in [7, 11) is 0. The lowest BCUT2D eigenvalue weighted by molar-refractivity contribution is 0.947. The first-order valence-electron chi connectivity index (χ1n) is 3.48. The maximum absolute atomic E-state index is 3.54. The molecule has 0 heterocycles. The van der Waals surface area contributed by atoms with Crippen LogP contribution in [0, 0.1) is 0 Å². The van der Waals surface area contributed by atoms with Crippen LogP contribution in [0.25, 0.3) is 0 Å². The highest BCUT2D eigenvalue weighted by atomic mass is 79.9. The molecule has 0 aliphatic heterocycles. The molecule has 0 saturated heterocycles. The van der Waals surface area contributed by atoms with Crippen LogP contribution in [-0.2, 0) is 0 Å². The molecule has 0 atom stereocenters. The van der Waals surface area contributed by atoms with Gasteiger partial charge < -0.3 is 0 Å². The van der Waals surface area contributed by atoms with E-state index in [-0.39, 0.29) is 0 Å². The number of allylic oxidation sites excluding steroid dienone is 4. The van der Waals surface area contributed by atoms with Crippen molar-refractivity contribution >= 4 is 31.9 Å². The van der Waals surface area contributed by atoms with E-state index in [4.69, 9.17) is 0 Å². The van der Waals surface area contributed by atoms with Gasteiger partial charge in [0.05, 0.1) is 0 Å². The Labute approximate surface area is 78.6 Å². The van der Waals surface area contributed by atoms with Crippen molar-refractivity contribution in [3.05, 3.63) is 21.1 Å². The van der Waals surface area contributed by atoms with Gasteiger partial charge in [0.25, 0.3) is 0 Å². The zero-order valence-corrected chi connectivity index (χ0v) is 8.91. The SMILES string of the molecule is Br/C1=C(\Br)CC/C=C\CC1. The minimum atomic E-state index is 1.14. The largest absolute Gasteiger partial charge is 0.0882 e. The molecule has 56 valence electrons. The number of halogens is 2. The Kier molecular flexibility index (Phi) is 3.71.